The lowest BCUT2D eigenvalue weighted by molar-refractivity contribution is -0.145. The molecule has 0 unspecified atom stereocenters. The van der Waals surface area contributed by atoms with Gasteiger partial charge in [-0.1, -0.05) is 86.1 Å². The molecule has 574 valence electrons. The van der Waals surface area contributed by atoms with Gasteiger partial charge in [0.2, 0.25) is 5.78 Å². The minimum Gasteiger partial charge on any atom is -0.444 e. The Hall–Kier alpha value is -10.5. The molecule has 27 nitrogen and oxygen atoms in total. The number of H-pyrrole nitrogens is 4. The number of ether oxygens (including phenoxy) is 2. The molecule has 5 saturated heterocycles. The molecule has 5 aliphatic heterocycles. The van der Waals surface area contributed by atoms with E-state index in [9.17, 15) is 47.9 Å². The topological polar surface area (TPSA) is 314 Å². The molecule has 0 aliphatic carbocycles. The zero-order chi connectivity index (χ0) is 76.6. The Balaban J connectivity index is 0.000000157. The second-order valence-corrected chi connectivity index (χ2v) is 29.2. The summed E-state index contributed by atoms with van der Waals surface area (Å²) in [5.41, 5.74) is 5.32. The molecular formula is C80H107N15O12. The van der Waals surface area contributed by atoms with Gasteiger partial charge >= 0.3 is 24.0 Å². The largest absolute Gasteiger partial charge is 0.444 e. The molecule has 27 heteroatoms. The second-order valence-electron chi connectivity index (χ2n) is 29.2. The summed E-state index contributed by atoms with van der Waals surface area (Å²) in [6, 6.07) is 38.8. The minimum atomic E-state index is -0.557. The second kappa shape index (κ2) is 38.6. The number of hydrogen-bond acceptors (Lipinski definition) is 14. The van der Waals surface area contributed by atoms with E-state index in [4.69, 9.17) is 9.47 Å². The molecule has 8 aromatic rings. The van der Waals surface area contributed by atoms with Gasteiger partial charge in [-0.2, -0.15) is 0 Å². The van der Waals surface area contributed by atoms with Crippen molar-refractivity contribution in [1.29, 1.82) is 0 Å². The van der Waals surface area contributed by atoms with Crippen LogP contribution in [-0.4, -0.2) is 267 Å². The van der Waals surface area contributed by atoms with Crippen LogP contribution in [0.4, 0.5) is 9.59 Å². The SMILES string of the molecule is CC(=O)C(=O)N1CCCN(C(=O)c2cc3ccccc3[nH]2)CC1.CC(C)(C)OC(=O)N1CCCN(C(=O)c2cc3ccccc3[nH]2)CC1.CC(C)(C)OC(=O)N1CCCNCC1.CCCCNC(=O)C(=O)N1CCCN(C(=O)c2cc3ccccc3[nH]2)CC1.O=C(c1cc2ccccc2[nH]1)N1CCCNCC1. The van der Waals surface area contributed by atoms with Crippen LogP contribution in [0.2, 0.25) is 0 Å². The van der Waals surface area contributed by atoms with Crippen LogP contribution < -0.4 is 16.0 Å². The highest BCUT2D eigenvalue weighted by Gasteiger charge is 2.31. The molecule has 9 amide bonds. The number of rotatable bonds is 8. The maximum absolute atomic E-state index is 12.8. The summed E-state index contributed by atoms with van der Waals surface area (Å²) in [6.45, 7) is 27.9. The number of nitrogens with zero attached hydrogens (tertiary/aromatic N) is 8. The van der Waals surface area contributed by atoms with Crippen LogP contribution >= 0.6 is 0 Å². The van der Waals surface area contributed by atoms with Crippen molar-refractivity contribution in [3.05, 3.63) is 144 Å². The maximum Gasteiger partial charge on any atom is 0.410 e. The molecule has 9 heterocycles. The number of carbonyl (C=O) groups excluding carboxylic acids is 10. The summed E-state index contributed by atoms with van der Waals surface area (Å²) in [5, 5.41) is 13.3. The van der Waals surface area contributed by atoms with Crippen molar-refractivity contribution in [3.8, 4) is 0 Å². The van der Waals surface area contributed by atoms with Gasteiger partial charge in [0, 0.05) is 175 Å². The van der Waals surface area contributed by atoms with Gasteiger partial charge < -0.3 is 84.6 Å². The molecule has 5 fully saturated rings. The van der Waals surface area contributed by atoms with Crippen molar-refractivity contribution >= 4 is 103 Å². The first-order valence-corrected chi connectivity index (χ1v) is 37.5. The fraction of sp³-hybridized carbons (Fsp3) is 0.475. The number of unbranched alkanes of at least 4 members (excludes halogenated alkanes) is 1. The first-order valence-electron chi connectivity index (χ1n) is 37.5. The molecular weight excluding hydrogens is 1360 g/mol. The number of carbonyl (C=O) groups is 10. The van der Waals surface area contributed by atoms with Gasteiger partial charge in [0.1, 0.15) is 34.0 Å². The van der Waals surface area contributed by atoms with E-state index in [1.165, 1.54) is 11.8 Å². The van der Waals surface area contributed by atoms with Gasteiger partial charge in [-0.15, -0.1) is 0 Å². The van der Waals surface area contributed by atoms with Crippen LogP contribution in [0.25, 0.3) is 43.6 Å². The molecule has 0 radical (unpaired) electrons. The van der Waals surface area contributed by atoms with Crippen molar-refractivity contribution < 1.29 is 57.4 Å². The minimum absolute atomic E-state index is 0.0257. The monoisotopic (exact) mass is 1470 g/mol. The van der Waals surface area contributed by atoms with Crippen molar-refractivity contribution in [3.63, 3.8) is 0 Å². The van der Waals surface area contributed by atoms with Crippen molar-refractivity contribution in [2.75, 3.05) is 137 Å². The van der Waals surface area contributed by atoms with E-state index in [-0.39, 0.29) is 35.8 Å². The summed E-state index contributed by atoms with van der Waals surface area (Å²) in [5.74, 6) is -2.06. The molecule has 0 atom stereocenters. The number of amides is 9. The third-order valence-corrected chi connectivity index (χ3v) is 18.5. The highest BCUT2D eigenvalue weighted by Crippen LogP contribution is 2.23. The highest BCUT2D eigenvalue weighted by atomic mass is 16.6. The van der Waals surface area contributed by atoms with E-state index in [1.54, 1.807) is 29.4 Å². The van der Waals surface area contributed by atoms with E-state index in [1.807, 2.05) is 175 Å². The lowest BCUT2D eigenvalue weighted by Gasteiger charge is -2.26. The molecule has 107 heavy (non-hydrogen) atoms. The summed E-state index contributed by atoms with van der Waals surface area (Å²) in [6.07, 6.45) is 5.39. The van der Waals surface area contributed by atoms with Gasteiger partial charge in [-0.3, -0.25) is 38.4 Å². The molecule has 0 spiro atoms. The van der Waals surface area contributed by atoms with Crippen LogP contribution in [0, 0.1) is 0 Å². The van der Waals surface area contributed by atoms with Crippen molar-refractivity contribution in [2.24, 2.45) is 0 Å². The van der Waals surface area contributed by atoms with Gasteiger partial charge in [0.25, 0.3) is 29.5 Å². The molecule has 0 bridgehead atoms. The number of aromatic nitrogens is 4. The van der Waals surface area contributed by atoms with Crippen LogP contribution in [0.1, 0.15) is 142 Å². The fourth-order valence-corrected chi connectivity index (χ4v) is 12.9. The first-order chi connectivity index (χ1) is 51.3. The molecule has 7 N–H and O–H groups in total. The normalized spacial score (nSPS) is 16.1. The average molecular weight is 1470 g/mol. The molecule has 0 saturated carbocycles. The summed E-state index contributed by atoms with van der Waals surface area (Å²) in [4.78, 5) is 148. The van der Waals surface area contributed by atoms with Crippen molar-refractivity contribution in [1.82, 2.24) is 75.1 Å². The number of para-hydroxylation sites is 4. The van der Waals surface area contributed by atoms with E-state index in [0.29, 0.717) is 121 Å². The van der Waals surface area contributed by atoms with Crippen LogP contribution in [0.5, 0.6) is 0 Å². The van der Waals surface area contributed by atoms with Gasteiger partial charge in [-0.05, 0) is 142 Å². The fourth-order valence-electron chi connectivity index (χ4n) is 12.9. The maximum atomic E-state index is 12.8. The van der Waals surface area contributed by atoms with E-state index < -0.39 is 34.7 Å². The van der Waals surface area contributed by atoms with E-state index in [2.05, 4.69) is 35.9 Å². The Labute approximate surface area is 625 Å². The van der Waals surface area contributed by atoms with E-state index >= 15 is 0 Å². The standard InChI is InChI=1S/C20H26N4O3.C19H25N3O3.C17H19N3O3.C14H17N3O.C10H20N2O2/c1-2-3-9-21-18(25)20(27)24-11-6-10-23(12-13-24)19(26)17-14-15-7-4-5-8-16(15)22-17;1-19(2,3)25-18(24)22-10-6-9-21(11-12-22)17(23)16-13-14-7-4-5-8-15(14)20-16;1-12(21)16(22)19-7-4-8-20(10-9-19)17(23)15-11-13-5-2-3-6-14(13)18-15;18-14(17-8-3-6-15-7-9-17)13-10-11-4-1-2-5-12(11)16-13;1-10(2,3)14-9(13)12-7-4-5-11-6-8-12/h4-5,7-8,14,22H,2-3,6,9-13H2,1H3,(H,21,25);4-5,7-8,13,20H,6,9-12H2,1-3H3;2-3,5-6,11,18H,4,7-10H2,1H3;1-2,4-5,10,15-16H,3,6-9H2;11H,4-8H2,1-3H3. The molecule has 13 rings (SSSR count). The Kier molecular flexibility index (Phi) is 29.1. The Morgan fingerprint density at radius 2 is 0.654 bits per heavy atom. The van der Waals surface area contributed by atoms with Gasteiger partial charge in [0.05, 0.1) is 0 Å². The number of fused-ring (bicyclic) bond motifs is 4. The third-order valence-electron chi connectivity index (χ3n) is 18.5. The first kappa shape index (κ1) is 80.6. The Morgan fingerprint density at radius 1 is 0.364 bits per heavy atom. The third kappa shape index (κ3) is 23.7. The number of benzene rings is 4. The number of ketones is 1. The lowest BCUT2D eigenvalue weighted by atomic mass is 10.2. The van der Waals surface area contributed by atoms with Crippen LogP contribution in [0.3, 0.4) is 0 Å². The number of Topliss-reactive ketones (excluding diaryl/α,β-unsaturated/α-hetero) is 1. The van der Waals surface area contributed by atoms with Crippen LogP contribution in [-0.2, 0) is 28.7 Å². The van der Waals surface area contributed by atoms with Gasteiger partial charge in [-0.25, -0.2) is 9.59 Å². The van der Waals surface area contributed by atoms with Gasteiger partial charge in [0.15, 0.2) is 0 Å². The summed E-state index contributed by atoms with van der Waals surface area (Å²) < 4.78 is 10.7. The molecule has 4 aromatic carbocycles. The zero-order valence-corrected chi connectivity index (χ0v) is 63.3. The van der Waals surface area contributed by atoms with Crippen molar-refractivity contribution in [2.45, 2.75) is 112 Å². The van der Waals surface area contributed by atoms with Crippen LogP contribution in [0.15, 0.2) is 121 Å². The Morgan fingerprint density at radius 3 is 1.01 bits per heavy atom. The molecule has 4 aromatic heterocycles. The summed E-state index contributed by atoms with van der Waals surface area (Å²) >= 11 is 0. The highest BCUT2D eigenvalue weighted by molar-refractivity contribution is 6.35. The quantitative estimate of drug-likeness (QED) is 0.0551. The number of nitrogens with one attached hydrogen (secondary N) is 7. The Bertz CT molecular complexity index is 4200. The predicted octanol–water partition coefficient (Wildman–Crippen LogP) is 9.26. The van der Waals surface area contributed by atoms with E-state index in [0.717, 1.165) is 128 Å². The smallest absolute Gasteiger partial charge is 0.410 e. The lowest BCUT2D eigenvalue weighted by Crippen LogP contribution is -2.45. The number of aromatic amines is 4. The average Bonchev–Trinajstić information content (AvgIpc) is 1.70. The zero-order valence-electron chi connectivity index (χ0n) is 63.3. The predicted molar refractivity (Wildman–Crippen MR) is 413 cm³/mol. The number of hydrogen-bond donors (Lipinski definition) is 7. The summed E-state index contributed by atoms with van der Waals surface area (Å²) in [7, 11) is 0. The molecule has 5 aliphatic rings.